The fourth-order valence-corrected chi connectivity index (χ4v) is 2.65. The third-order valence-electron chi connectivity index (χ3n) is 3.53. The lowest BCUT2D eigenvalue weighted by Crippen LogP contribution is -2.26. The minimum atomic E-state index is -3.59. The summed E-state index contributed by atoms with van der Waals surface area (Å²) in [4.78, 5) is 0. The molecule has 0 radical (unpaired) electrons. The first-order chi connectivity index (χ1) is 11.0. The number of halogens is 4. The number of rotatable bonds is 4. The molecule has 0 saturated carbocycles. The van der Waals surface area contributed by atoms with Crippen LogP contribution < -0.4 is 4.74 Å². The minimum absolute atomic E-state index is 0.0577. The molecule has 1 nitrogen and oxygen atoms in total. The Morgan fingerprint density at radius 2 is 1.46 bits per heavy atom. The lowest BCUT2D eigenvalue weighted by molar-refractivity contribution is -0.121. The van der Waals surface area contributed by atoms with Crippen LogP contribution in [0.5, 0.6) is 5.75 Å². The highest BCUT2D eigenvalue weighted by molar-refractivity contribution is 6.34. The smallest absolute Gasteiger partial charge is 0.426 e. The first-order valence-corrected chi connectivity index (χ1v) is 8.08. The van der Waals surface area contributed by atoms with Crippen molar-refractivity contribution in [2.24, 2.45) is 0 Å². The summed E-state index contributed by atoms with van der Waals surface area (Å²) in [5, 5.41) is 0.507. The van der Waals surface area contributed by atoms with Gasteiger partial charge in [0, 0.05) is 10.0 Å². The van der Waals surface area contributed by atoms with Gasteiger partial charge in [0.25, 0.3) is 0 Å². The van der Waals surface area contributed by atoms with Crippen molar-refractivity contribution in [3.63, 3.8) is 0 Å². The summed E-state index contributed by atoms with van der Waals surface area (Å²) in [6, 6.07) is 10.8. The fourth-order valence-electron chi connectivity index (χ4n) is 2.13. The van der Waals surface area contributed by atoms with Gasteiger partial charge in [-0.1, -0.05) is 62.7 Å². The summed E-state index contributed by atoms with van der Waals surface area (Å²) in [6.07, 6.45) is -3.59. The first kappa shape index (κ1) is 18.8. The number of hydrogen-bond donors (Lipinski definition) is 0. The molecule has 0 aliphatic heterocycles. The third-order valence-corrected chi connectivity index (χ3v) is 3.97. The lowest BCUT2D eigenvalue weighted by atomic mass is 9.87. The van der Waals surface area contributed by atoms with E-state index in [0.29, 0.717) is 0 Å². The van der Waals surface area contributed by atoms with E-state index in [9.17, 15) is 8.78 Å². The molecule has 0 fully saturated rings. The van der Waals surface area contributed by atoms with Crippen LogP contribution >= 0.6 is 23.2 Å². The lowest BCUT2D eigenvalue weighted by Gasteiger charge is -2.22. The molecule has 2 aromatic carbocycles. The van der Waals surface area contributed by atoms with Crippen LogP contribution in [-0.4, -0.2) is 6.11 Å². The van der Waals surface area contributed by atoms with Crippen molar-refractivity contribution in [1.82, 2.24) is 0 Å². The molecule has 5 heteroatoms. The van der Waals surface area contributed by atoms with E-state index in [1.807, 2.05) is 20.8 Å². The van der Waals surface area contributed by atoms with Gasteiger partial charge in [-0.15, -0.1) is 0 Å². The van der Waals surface area contributed by atoms with Gasteiger partial charge in [-0.3, -0.25) is 0 Å². The molecule has 0 bridgehead atoms. The van der Waals surface area contributed by atoms with E-state index in [1.54, 1.807) is 12.1 Å². The van der Waals surface area contributed by atoms with Crippen LogP contribution in [0.4, 0.5) is 8.78 Å². The van der Waals surface area contributed by atoms with Gasteiger partial charge < -0.3 is 4.74 Å². The van der Waals surface area contributed by atoms with Crippen molar-refractivity contribution in [1.29, 1.82) is 0 Å². The Hall–Kier alpha value is -1.58. The van der Waals surface area contributed by atoms with Gasteiger partial charge in [0.05, 0.1) is 5.57 Å². The normalized spacial score (nSPS) is 12.1. The van der Waals surface area contributed by atoms with Crippen LogP contribution in [0.2, 0.25) is 10.0 Å². The van der Waals surface area contributed by atoms with Crippen molar-refractivity contribution in [3.8, 4) is 5.75 Å². The summed E-state index contributed by atoms with van der Waals surface area (Å²) in [6.45, 7) is 9.57. The molecule has 0 heterocycles. The zero-order chi connectivity index (χ0) is 18.1. The second kappa shape index (κ2) is 6.73. The molecule has 0 aliphatic carbocycles. The van der Waals surface area contributed by atoms with E-state index in [0.717, 1.165) is 5.56 Å². The molecule has 0 unspecified atom stereocenters. The molecule has 0 amide bonds. The predicted octanol–water partition coefficient (Wildman–Crippen LogP) is 6.98. The number of benzene rings is 2. The molecule has 128 valence electrons. The molecule has 2 rings (SSSR count). The molecule has 0 aromatic heterocycles. The molecule has 0 atom stereocenters. The van der Waals surface area contributed by atoms with Crippen LogP contribution in [0.25, 0.3) is 5.57 Å². The standard InChI is InChI=1S/C19H18Cl2F2O/c1-12(13-9-15(20)11-16(21)10-13)19(22,23)24-17-7-5-14(6-8-17)18(2,3)4/h5-11H,1H2,2-4H3. The van der Waals surface area contributed by atoms with Gasteiger partial charge >= 0.3 is 6.11 Å². The third kappa shape index (κ3) is 4.49. The van der Waals surface area contributed by atoms with E-state index in [2.05, 4.69) is 6.58 Å². The van der Waals surface area contributed by atoms with Gasteiger partial charge in [0.1, 0.15) is 5.75 Å². The van der Waals surface area contributed by atoms with Crippen molar-refractivity contribution in [2.75, 3.05) is 0 Å². The molecule has 0 N–H and O–H groups in total. The Morgan fingerprint density at radius 1 is 0.958 bits per heavy atom. The van der Waals surface area contributed by atoms with Crippen LogP contribution in [0.3, 0.4) is 0 Å². The quantitative estimate of drug-likeness (QED) is 0.564. The number of alkyl halides is 2. The molecular weight excluding hydrogens is 353 g/mol. The second-order valence-corrected chi connectivity index (χ2v) is 7.40. The zero-order valence-electron chi connectivity index (χ0n) is 13.7. The molecule has 0 spiro atoms. The average Bonchev–Trinajstić information content (AvgIpc) is 2.44. The maximum absolute atomic E-state index is 14.4. The highest BCUT2D eigenvalue weighted by Gasteiger charge is 2.37. The Bertz CT molecular complexity index is 727. The van der Waals surface area contributed by atoms with E-state index >= 15 is 0 Å². The Labute approximate surface area is 150 Å². The zero-order valence-corrected chi connectivity index (χ0v) is 15.2. The van der Waals surface area contributed by atoms with Crippen molar-refractivity contribution in [2.45, 2.75) is 32.3 Å². The van der Waals surface area contributed by atoms with Crippen LogP contribution in [0, 0.1) is 0 Å². The van der Waals surface area contributed by atoms with Crippen molar-refractivity contribution < 1.29 is 13.5 Å². The summed E-state index contributed by atoms with van der Waals surface area (Å²) in [7, 11) is 0. The maximum atomic E-state index is 14.4. The molecule has 24 heavy (non-hydrogen) atoms. The first-order valence-electron chi connectivity index (χ1n) is 7.32. The topological polar surface area (TPSA) is 9.23 Å². The second-order valence-electron chi connectivity index (χ2n) is 6.53. The van der Waals surface area contributed by atoms with Crippen LogP contribution in [0.1, 0.15) is 31.9 Å². The van der Waals surface area contributed by atoms with Crippen LogP contribution in [0.15, 0.2) is 49.0 Å². The monoisotopic (exact) mass is 370 g/mol. The van der Waals surface area contributed by atoms with Crippen molar-refractivity contribution >= 4 is 28.8 Å². The Balaban J connectivity index is 2.22. The Morgan fingerprint density at radius 3 is 1.92 bits per heavy atom. The predicted molar refractivity (Wildman–Crippen MR) is 96.2 cm³/mol. The van der Waals surface area contributed by atoms with E-state index in [-0.39, 0.29) is 26.8 Å². The van der Waals surface area contributed by atoms with E-state index in [1.165, 1.54) is 30.3 Å². The average molecular weight is 371 g/mol. The highest BCUT2D eigenvalue weighted by Crippen LogP contribution is 2.36. The summed E-state index contributed by atoms with van der Waals surface area (Å²) in [5.41, 5.74) is 0.580. The van der Waals surface area contributed by atoms with Gasteiger partial charge in [-0.05, 0) is 46.9 Å². The van der Waals surface area contributed by atoms with Gasteiger partial charge in [-0.25, -0.2) is 0 Å². The summed E-state index contributed by atoms with van der Waals surface area (Å²) >= 11 is 11.7. The summed E-state index contributed by atoms with van der Waals surface area (Å²) < 4.78 is 33.6. The SMILES string of the molecule is C=C(c1cc(Cl)cc(Cl)c1)C(F)(F)Oc1ccc(C(C)(C)C)cc1. The molecular formula is C19H18Cl2F2O. The van der Waals surface area contributed by atoms with Gasteiger partial charge in [0.2, 0.25) is 0 Å². The minimum Gasteiger partial charge on any atom is -0.429 e. The van der Waals surface area contributed by atoms with Gasteiger partial charge in [0.15, 0.2) is 0 Å². The van der Waals surface area contributed by atoms with Crippen molar-refractivity contribution in [3.05, 3.63) is 70.2 Å². The molecule has 2 aromatic rings. The largest absolute Gasteiger partial charge is 0.429 e. The number of ether oxygens (including phenoxy) is 1. The fraction of sp³-hybridized carbons (Fsp3) is 0.263. The Kier molecular flexibility index (Phi) is 5.26. The van der Waals surface area contributed by atoms with E-state index in [4.69, 9.17) is 27.9 Å². The van der Waals surface area contributed by atoms with Gasteiger partial charge in [-0.2, -0.15) is 8.78 Å². The van der Waals surface area contributed by atoms with E-state index < -0.39 is 11.7 Å². The maximum Gasteiger partial charge on any atom is 0.426 e. The molecule has 0 saturated heterocycles. The molecule has 0 aliphatic rings. The summed E-state index contributed by atoms with van der Waals surface area (Å²) in [5.74, 6) is 0.0577. The highest BCUT2D eigenvalue weighted by atomic mass is 35.5. The van der Waals surface area contributed by atoms with Crippen LogP contribution in [-0.2, 0) is 5.41 Å². The number of hydrogen-bond acceptors (Lipinski definition) is 1.